The van der Waals surface area contributed by atoms with Gasteiger partial charge in [-0.05, 0) is 13.8 Å². The lowest BCUT2D eigenvalue weighted by molar-refractivity contribution is -0.156. The molecule has 0 aromatic rings. The fourth-order valence-electron chi connectivity index (χ4n) is 0.663. The smallest absolute Gasteiger partial charge is 0.335 e. The van der Waals surface area contributed by atoms with Gasteiger partial charge in [-0.1, -0.05) is 5.57 Å². The van der Waals surface area contributed by atoms with E-state index in [0.717, 1.165) is 0 Å². The summed E-state index contributed by atoms with van der Waals surface area (Å²) in [5, 5.41) is 17.5. The summed E-state index contributed by atoms with van der Waals surface area (Å²) in [6, 6.07) is 0. The average molecular weight is 144 g/mol. The van der Waals surface area contributed by atoms with Crippen LogP contribution in [-0.4, -0.2) is 21.8 Å². The third kappa shape index (κ3) is 2.64. The number of aliphatic hydroxyl groups is 1. The van der Waals surface area contributed by atoms with E-state index < -0.39 is 11.6 Å². The topological polar surface area (TPSA) is 57.5 Å². The molecule has 0 radical (unpaired) electrons. The second-order valence-electron chi connectivity index (χ2n) is 2.71. The molecule has 3 nitrogen and oxygen atoms in total. The normalized spacial score (nSPS) is 15.9. The molecule has 0 aromatic heterocycles. The second-order valence-corrected chi connectivity index (χ2v) is 2.71. The number of carboxylic acid groups (broad SMARTS) is 1. The zero-order chi connectivity index (χ0) is 8.36. The highest BCUT2D eigenvalue weighted by Gasteiger charge is 2.29. The van der Waals surface area contributed by atoms with Crippen LogP contribution in [0.5, 0.6) is 0 Å². The van der Waals surface area contributed by atoms with Gasteiger partial charge in [0.2, 0.25) is 0 Å². The molecule has 0 rings (SSSR count). The molecule has 0 aliphatic carbocycles. The third-order valence-electron chi connectivity index (χ3n) is 1.11. The van der Waals surface area contributed by atoms with Crippen molar-refractivity contribution < 1.29 is 15.0 Å². The molecule has 0 saturated carbocycles. The SMILES string of the molecule is C=C(C)C[C@](C)(O)C(=O)O. The first-order valence-electron chi connectivity index (χ1n) is 2.96. The zero-order valence-corrected chi connectivity index (χ0v) is 6.22. The first-order chi connectivity index (χ1) is 4.36. The molecular formula is C7H12O3. The number of rotatable bonds is 3. The average Bonchev–Trinajstić information content (AvgIpc) is 1.60. The number of carboxylic acids is 1. The fraction of sp³-hybridized carbons (Fsp3) is 0.571. The van der Waals surface area contributed by atoms with Gasteiger partial charge in [-0.25, -0.2) is 4.79 Å². The Kier molecular flexibility index (Phi) is 2.60. The lowest BCUT2D eigenvalue weighted by atomic mass is 9.99. The van der Waals surface area contributed by atoms with Crippen molar-refractivity contribution in [2.24, 2.45) is 0 Å². The molecule has 0 aromatic carbocycles. The van der Waals surface area contributed by atoms with E-state index in [-0.39, 0.29) is 6.42 Å². The minimum atomic E-state index is -1.66. The third-order valence-corrected chi connectivity index (χ3v) is 1.11. The Morgan fingerprint density at radius 1 is 1.70 bits per heavy atom. The summed E-state index contributed by atoms with van der Waals surface area (Å²) in [5.41, 5.74) is -1.00. The maximum Gasteiger partial charge on any atom is 0.335 e. The Bertz CT molecular complexity index is 158. The van der Waals surface area contributed by atoms with Gasteiger partial charge >= 0.3 is 5.97 Å². The Morgan fingerprint density at radius 2 is 2.10 bits per heavy atom. The lowest BCUT2D eigenvalue weighted by Crippen LogP contribution is -2.34. The van der Waals surface area contributed by atoms with Gasteiger partial charge in [0.1, 0.15) is 0 Å². The van der Waals surface area contributed by atoms with E-state index in [0.29, 0.717) is 5.57 Å². The summed E-state index contributed by atoms with van der Waals surface area (Å²) in [6.45, 7) is 6.43. The number of hydrogen-bond donors (Lipinski definition) is 2. The van der Waals surface area contributed by atoms with E-state index in [9.17, 15) is 4.79 Å². The van der Waals surface area contributed by atoms with Crippen LogP contribution in [0.1, 0.15) is 20.3 Å². The van der Waals surface area contributed by atoms with Crippen LogP contribution in [0.15, 0.2) is 12.2 Å². The summed E-state index contributed by atoms with van der Waals surface area (Å²) in [4.78, 5) is 10.3. The van der Waals surface area contributed by atoms with Crippen molar-refractivity contribution in [2.75, 3.05) is 0 Å². The highest BCUT2D eigenvalue weighted by Crippen LogP contribution is 2.14. The largest absolute Gasteiger partial charge is 0.479 e. The quantitative estimate of drug-likeness (QED) is 0.576. The van der Waals surface area contributed by atoms with Crippen molar-refractivity contribution in [3.63, 3.8) is 0 Å². The molecule has 0 fully saturated rings. The van der Waals surface area contributed by atoms with Crippen LogP contribution in [-0.2, 0) is 4.79 Å². The second kappa shape index (κ2) is 2.84. The first kappa shape index (κ1) is 9.17. The van der Waals surface area contributed by atoms with Gasteiger partial charge in [0.05, 0.1) is 0 Å². The molecule has 0 heterocycles. The van der Waals surface area contributed by atoms with Crippen molar-refractivity contribution >= 4 is 5.97 Å². The van der Waals surface area contributed by atoms with Crippen molar-refractivity contribution in [1.82, 2.24) is 0 Å². The number of hydrogen-bond acceptors (Lipinski definition) is 2. The molecule has 0 aliphatic heterocycles. The fourth-order valence-corrected chi connectivity index (χ4v) is 0.663. The van der Waals surface area contributed by atoms with Crippen molar-refractivity contribution in [1.29, 1.82) is 0 Å². The molecule has 1 atom stereocenters. The first-order valence-corrected chi connectivity index (χ1v) is 2.96. The molecule has 58 valence electrons. The molecule has 0 bridgehead atoms. The Balaban J connectivity index is 4.13. The Morgan fingerprint density at radius 3 is 2.20 bits per heavy atom. The predicted octanol–water partition coefficient (Wildman–Crippen LogP) is 0.788. The summed E-state index contributed by atoms with van der Waals surface area (Å²) >= 11 is 0. The molecule has 0 spiro atoms. The highest BCUT2D eigenvalue weighted by atomic mass is 16.4. The van der Waals surface area contributed by atoms with E-state index in [4.69, 9.17) is 10.2 Å². The van der Waals surface area contributed by atoms with Crippen molar-refractivity contribution in [2.45, 2.75) is 25.9 Å². The van der Waals surface area contributed by atoms with Gasteiger partial charge in [-0.2, -0.15) is 0 Å². The van der Waals surface area contributed by atoms with E-state index >= 15 is 0 Å². The van der Waals surface area contributed by atoms with Gasteiger partial charge in [0, 0.05) is 6.42 Å². The van der Waals surface area contributed by atoms with E-state index in [1.54, 1.807) is 6.92 Å². The maximum atomic E-state index is 10.3. The van der Waals surface area contributed by atoms with Gasteiger partial charge < -0.3 is 10.2 Å². The molecular weight excluding hydrogens is 132 g/mol. The van der Waals surface area contributed by atoms with Gasteiger partial charge in [0.15, 0.2) is 5.60 Å². The molecule has 3 heteroatoms. The van der Waals surface area contributed by atoms with Crippen molar-refractivity contribution in [3.05, 3.63) is 12.2 Å². The molecule has 0 unspecified atom stereocenters. The van der Waals surface area contributed by atoms with Gasteiger partial charge in [-0.3, -0.25) is 0 Å². The summed E-state index contributed by atoms with van der Waals surface area (Å²) < 4.78 is 0. The highest BCUT2D eigenvalue weighted by molar-refractivity contribution is 5.76. The maximum absolute atomic E-state index is 10.3. The Labute approximate surface area is 60.0 Å². The van der Waals surface area contributed by atoms with Gasteiger partial charge in [-0.15, -0.1) is 6.58 Å². The Hall–Kier alpha value is -0.830. The molecule has 10 heavy (non-hydrogen) atoms. The van der Waals surface area contributed by atoms with Crippen LogP contribution >= 0.6 is 0 Å². The van der Waals surface area contributed by atoms with Crippen LogP contribution in [0, 0.1) is 0 Å². The van der Waals surface area contributed by atoms with Crippen LogP contribution in [0.3, 0.4) is 0 Å². The minimum absolute atomic E-state index is 0.0995. The molecule has 0 aliphatic rings. The van der Waals surface area contributed by atoms with Crippen LogP contribution < -0.4 is 0 Å². The van der Waals surface area contributed by atoms with Crippen LogP contribution in [0.4, 0.5) is 0 Å². The number of carbonyl (C=O) groups is 1. The summed E-state index contributed by atoms with van der Waals surface area (Å²) in [7, 11) is 0. The van der Waals surface area contributed by atoms with Gasteiger partial charge in [0.25, 0.3) is 0 Å². The predicted molar refractivity (Wildman–Crippen MR) is 37.7 cm³/mol. The lowest BCUT2D eigenvalue weighted by Gasteiger charge is -2.16. The molecule has 0 saturated heterocycles. The van der Waals surface area contributed by atoms with Crippen molar-refractivity contribution in [3.8, 4) is 0 Å². The minimum Gasteiger partial charge on any atom is -0.479 e. The van der Waals surface area contributed by atoms with Crippen LogP contribution in [0.25, 0.3) is 0 Å². The van der Waals surface area contributed by atoms with E-state index in [2.05, 4.69) is 6.58 Å². The monoisotopic (exact) mass is 144 g/mol. The summed E-state index contributed by atoms with van der Waals surface area (Å²) in [5.74, 6) is -1.21. The zero-order valence-electron chi connectivity index (χ0n) is 6.22. The van der Waals surface area contributed by atoms with E-state index in [1.165, 1.54) is 6.92 Å². The summed E-state index contributed by atoms with van der Waals surface area (Å²) in [6.07, 6.45) is 0.0995. The van der Waals surface area contributed by atoms with E-state index in [1.807, 2.05) is 0 Å². The number of aliphatic carboxylic acids is 1. The molecule has 2 N–H and O–H groups in total. The standard InChI is InChI=1S/C7H12O3/c1-5(2)4-7(3,10)6(8)9/h10H,1,4H2,2-3H3,(H,8,9)/t7-/m0/s1. The molecule has 0 amide bonds. The van der Waals surface area contributed by atoms with Crippen LogP contribution in [0.2, 0.25) is 0 Å².